The van der Waals surface area contributed by atoms with E-state index in [0.29, 0.717) is 11.4 Å². The van der Waals surface area contributed by atoms with E-state index in [-0.39, 0.29) is 23.5 Å². The third-order valence-corrected chi connectivity index (χ3v) is 3.80. The molecule has 0 radical (unpaired) electrons. The molecule has 1 aromatic carbocycles. The van der Waals surface area contributed by atoms with Gasteiger partial charge in [0.15, 0.2) is 5.11 Å². The number of amides is 2. The maximum atomic E-state index is 11.9. The van der Waals surface area contributed by atoms with Crippen LogP contribution in [0.2, 0.25) is 0 Å². The van der Waals surface area contributed by atoms with Crippen molar-refractivity contribution in [1.29, 1.82) is 0 Å². The molecule has 0 aromatic heterocycles. The summed E-state index contributed by atoms with van der Waals surface area (Å²) in [7, 11) is 0. The molecule has 3 N–H and O–H groups in total. The lowest BCUT2D eigenvalue weighted by Crippen LogP contribution is -2.33. The van der Waals surface area contributed by atoms with Gasteiger partial charge in [-0.3, -0.25) is 14.9 Å². The number of esters is 1. The highest BCUT2D eigenvalue weighted by atomic mass is 32.1. The number of hydrogen-bond donors (Lipinski definition) is 3. The van der Waals surface area contributed by atoms with Crippen molar-refractivity contribution < 1.29 is 19.1 Å². The average Bonchev–Trinajstić information content (AvgIpc) is 3.41. The lowest BCUT2D eigenvalue weighted by molar-refractivity contribution is -0.137. The molecule has 0 aliphatic heterocycles. The van der Waals surface area contributed by atoms with Crippen molar-refractivity contribution in [3.63, 3.8) is 0 Å². The van der Waals surface area contributed by atoms with E-state index in [0.717, 1.165) is 30.6 Å². The van der Waals surface area contributed by atoms with E-state index in [1.807, 2.05) is 13.0 Å². The van der Waals surface area contributed by atoms with Crippen LogP contribution in [0.25, 0.3) is 0 Å². The minimum atomic E-state index is -0.601. The van der Waals surface area contributed by atoms with E-state index in [2.05, 4.69) is 20.7 Å². The number of thiocarbonyl (C=S) groups is 1. The molecule has 1 saturated carbocycles. The van der Waals surface area contributed by atoms with Gasteiger partial charge in [0.1, 0.15) is 0 Å². The quantitative estimate of drug-likeness (QED) is 0.401. The largest absolute Gasteiger partial charge is 0.463 e. The number of anilines is 2. The van der Waals surface area contributed by atoms with Crippen LogP contribution in [0.15, 0.2) is 30.4 Å². The van der Waals surface area contributed by atoms with Crippen molar-refractivity contribution in [2.24, 2.45) is 5.92 Å². The van der Waals surface area contributed by atoms with Crippen LogP contribution in [0.4, 0.5) is 11.4 Å². The van der Waals surface area contributed by atoms with Crippen LogP contribution in [-0.4, -0.2) is 29.5 Å². The first kappa shape index (κ1) is 19.6. The molecule has 26 heavy (non-hydrogen) atoms. The van der Waals surface area contributed by atoms with E-state index >= 15 is 0 Å². The smallest absolute Gasteiger partial charge is 0.330 e. The van der Waals surface area contributed by atoms with Gasteiger partial charge in [-0.25, -0.2) is 4.79 Å². The summed E-state index contributed by atoms with van der Waals surface area (Å²) in [6, 6.07) is 5.38. The fourth-order valence-electron chi connectivity index (χ4n) is 2.06. The molecule has 0 spiro atoms. The van der Waals surface area contributed by atoms with Crippen LogP contribution in [0.5, 0.6) is 0 Å². The summed E-state index contributed by atoms with van der Waals surface area (Å²) >= 11 is 5.08. The summed E-state index contributed by atoms with van der Waals surface area (Å²) < 4.78 is 4.68. The normalized spacial score (nSPS) is 13.2. The molecule has 1 fully saturated rings. The highest BCUT2D eigenvalue weighted by Gasteiger charge is 2.29. The lowest BCUT2D eigenvalue weighted by atomic mass is 10.1. The predicted molar refractivity (Wildman–Crippen MR) is 103 cm³/mol. The Bertz CT molecular complexity index is 757. The SMILES string of the molecule is CCOC(=O)/C=C/C(=O)NC(=S)Nc1ccc(C)c(NC(=O)C2CC2)c1. The number of nitrogens with one attached hydrogen (secondary N) is 3. The van der Waals surface area contributed by atoms with Crippen LogP contribution < -0.4 is 16.0 Å². The van der Waals surface area contributed by atoms with Gasteiger partial charge in [-0.2, -0.15) is 0 Å². The molecule has 1 aliphatic carbocycles. The predicted octanol–water partition coefficient (Wildman–Crippen LogP) is 2.28. The Balaban J connectivity index is 1.90. The maximum Gasteiger partial charge on any atom is 0.330 e. The van der Waals surface area contributed by atoms with E-state index in [4.69, 9.17) is 12.2 Å². The molecule has 0 saturated heterocycles. The topological polar surface area (TPSA) is 96.5 Å². The first-order valence-electron chi connectivity index (χ1n) is 8.27. The van der Waals surface area contributed by atoms with Crippen molar-refractivity contribution in [1.82, 2.24) is 5.32 Å². The van der Waals surface area contributed by atoms with Crippen LogP contribution in [0.1, 0.15) is 25.3 Å². The molecule has 0 unspecified atom stereocenters. The number of ether oxygens (including phenoxy) is 1. The number of aryl methyl sites for hydroxylation is 1. The van der Waals surface area contributed by atoms with Gasteiger partial charge < -0.3 is 15.4 Å². The minimum absolute atomic E-state index is 0.0187. The molecule has 0 atom stereocenters. The molecule has 0 bridgehead atoms. The van der Waals surface area contributed by atoms with Crippen molar-refractivity contribution in [3.8, 4) is 0 Å². The summed E-state index contributed by atoms with van der Waals surface area (Å²) in [6.07, 6.45) is 3.93. The van der Waals surface area contributed by atoms with Gasteiger partial charge in [0.25, 0.3) is 0 Å². The second-order valence-corrected chi connectivity index (χ2v) is 6.23. The van der Waals surface area contributed by atoms with E-state index in [1.165, 1.54) is 0 Å². The van der Waals surface area contributed by atoms with Gasteiger partial charge in [-0.1, -0.05) is 6.07 Å². The standard InChI is InChI=1S/C18H21N3O4S/c1-3-25-16(23)9-8-15(22)21-18(26)19-13-7-4-11(2)14(10-13)20-17(24)12-5-6-12/h4,7-10,12H,3,5-6H2,1-2H3,(H,20,24)(H2,19,21,22,26)/b9-8+. The average molecular weight is 375 g/mol. The molecule has 2 rings (SSSR count). The van der Waals surface area contributed by atoms with Crippen molar-refractivity contribution >= 4 is 46.5 Å². The molecule has 1 aliphatic rings. The molecule has 0 heterocycles. The van der Waals surface area contributed by atoms with Gasteiger partial charge in [-0.15, -0.1) is 0 Å². The van der Waals surface area contributed by atoms with Crippen LogP contribution in [-0.2, 0) is 19.1 Å². The zero-order valence-corrected chi connectivity index (χ0v) is 15.4. The van der Waals surface area contributed by atoms with Gasteiger partial charge in [-0.05, 0) is 56.6 Å². The first-order valence-corrected chi connectivity index (χ1v) is 8.68. The van der Waals surface area contributed by atoms with Crippen molar-refractivity contribution in [2.45, 2.75) is 26.7 Å². The fraction of sp³-hybridized carbons (Fsp3) is 0.333. The zero-order valence-electron chi connectivity index (χ0n) is 14.6. The van der Waals surface area contributed by atoms with Gasteiger partial charge in [0, 0.05) is 29.4 Å². The van der Waals surface area contributed by atoms with Crippen molar-refractivity contribution in [3.05, 3.63) is 35.9 Å². The maximum absolute atomic E-state index is 11.9. The third kappa shape index (κ3) is 6.29. The van der Waals surface area contributed by atoms with Gasteiger partial charge >= 0.3 is 5.97 Å². The second kappa shape index (κ2) is 9.10. The lowest BCUT2D eigenvalue weighted by Gasteiger charge is -2.12. The zero-order chi connectivity index (χ0) is 19.1. The Morgan fingerprint density at radius 3 is 2.62 bits per heavy atom. The molecule has 2 amide bonds. The van der Waals surface area contributed by atoms with Crippen LogP contribution in [0.3, 0.4) is 0 Å². The number of rotatable bonds is 6. The summed E-state index contributed by atoms with van der Waals surface area (Å²) in [5, 5.41) is 8.27. The third-order valence-electron chi connectivity index (χ3n) is 3.60. The molecule has 1 aromatic rings. The van der Waals surface area contributed by atoms with E-state index in [1.54, 1.807) is 19.1 Å². The van der Waals surface area contributed by atoms with Crippen LogP contribution >= 0.6 is 12.2 Å². The molecular formula is C18H21N3O4S. The Morgan fingerprint density at radius 1 is 1.23 bits per heavy atom. The summed E-state index contributed by atoms with van der Waals surface area (Å²) in [4.78, 5) is 34.8. The highest BCUT2D eigenvalue weighted by molar-refractivity contribution is 7.80. The Labute approximate surface area is 157 Å². The summed E-state index contributed by atoms with van der Waals surface area (Å²) in [5.74, 6) is -1.02. The summed E-state index contributed by atoms with van der Waals surface area (Å²) in [6.45, 7) is 3.80. The van der Waals surface area contributed by atoms with E-state index in [9.17, 15) is 14.4 Å². The van der Waals surface area contributed by atoms with E-state index < -0.39 is 11.9 Å². The fourth-order valence-corrected chi connectivity index (χ4v) is 2.28. The Morgan fingerprint density at radius 2 is 1.96 bits per heavy atom. The number of hydrogen-bond acceptors (Lipinski definition) is 5. The number of carbonyl (C=O) groups excluding carboxylic acids is 3. The highest BCUT2D eigenvalue weighted by Crippen LogP contribution is 2.31. The molecule has 8 heteroatoms. The molecular weight excluding hydrogens is 354 g/mol. The van der Waals surface area contributed by atoms with Crippen LogP contribution in [0, 0.1) is 12.8 Å². The first-order chi connectivity index (χ1) is 12.4. The monoisotopic (exact) mass is 375 g/mol. The molecule has 7 nitrogen and oxygen atoms in total. The van der Waals surface area contributed by atoms with Gasteiger partial charge in [0.05, 0.1) is 6.61 Å². The van der Waals surface area contributed by atoms with Crippen molar-refractivity contribution in [2.75, 3.05) is 17.2 Å². The Kier molecular flexibility index (Phi) is 6.85. The number of benzene rings is 1. The number of carbonyl (C=O) groups is 3. The second-order valence-electron chi connectivity index (χ2n) is 5.82. The molecule has 138 valence electrons. The van der Waals surface area contributed by atoms with Gasteiger partial charge in [0.2, 0.25) is 11.8 Å². The Hall–Kier alpha value is -2.74. The summed E-state index contributed by atoms with van der Waals surface area (Å²) in [5.41, 5.74) is 2.25. The minimum Gasteiger partial charge on any atom is -0.463 e.